The zero-order valence-corrected chi connectivity index (χ0v) is 15.8. The fraction of sp³-hybridized carbons (Fsp3) is 0.316. The maximum absolute atomic E-state index is 12.4. The van der Waals surface area contributed by atoms with Gasteiger partial charge in [-0.1, -0.05) is 37.3 Å². The highest BCUT2D eigenvalue weighted by molar-refractivity contribution is 7.20. The number of hydrogen-bond donors (Lipinski definition) is 1. The van der Waals surface area contributed by atoms with Gasteiger partial charge in [0.25, 0.3) is 5.91 Å². The van der Waals surface area contributed by atoms with Crippen LogP contribution in [0.1, 0.15) is 36.2 Å². The fourth-order valence-corrected chi connectivity index (χ4v) is 3.54. The Hall–Kier alpha value is -2.67. The normalized spacial score (nSPS) is 10.3. The minimum atomic E-state index is -0.502. The molecule has 0 aliphatic heterocycles. The van der Waals surface area contributed by atoms with Gasteiger partial charge in [0.05, 0.1) is 12.2 Å². The number of ether oxygens (including phenoxy) is 2. The molecule has 0 aliphatic carbocycles. The van der Waals surface area contributed by atoms with E-state index in [-0.39, 0.29) is 13.0 Å². The molecule has 0 fully saturated rings. The summed E-state index contributed by atoms with van der Waals surface area (Å²) in [5.74, 6) is -1.46. The third-order valence-electron chi connectivity index (χ3n) is 3.57. The van der Waals surface area contributed by atoms with Gasteiger partial charge in [-0.25, -0.2) is 4.79 Å². The number of thiophene rings is 1. The van der Waals surface area contributed by atoms with Crippen molar-refractivity contribution in [2.75, 3.05) is 18.5 Å². The first-order valence-electron chi connectivity index (χ1n) is 8.29. The molecule has 6 nitrogen and oxygen atoms in total. The molecule has 7 heteroatoms. The van der Waals surface area contributed by atoms with E-state index in [4.69, 9.17) is 9.47 Å². The number of benzene rings is 1. The van der Waals surface area contributed by atoms with Crippen LogP contribution in [-0.2, 0) is 19.1 Å². The summed E-state index contributed by atoms with van der Waals surface area (Å²) in [5, 5.41) is 3.05. The van der Waals surface area contributed by atoms with E-state index in [2.05, 4.69) is 5.32 Å². The molecule has 1 aromatic heterocycles. The SMILES string of the molecule is CCOC(=O)c1c(NC(=O)COC(=O)CC)sc(-c2ccccc2)c1C. The number of anilines is 1. The van der Waals surface area contributed by atoms with Crippen LogP contribution in [0.4, 0.5) is 5.00 Å². The maximum atomic E-state index is 12.4. The summed E-state index contributed by atoms with van der Waals surface area (Å²) in [6, 6.07) is 9.58. The van der Waals surface area contributed by atoms with Gasteiger partial charge in [0.2, 0.25) is 0 Å². The molecule has 2 rings (SSSR count). The zero-order valence-electron chi connectivity index (χ0n) is 15.0. The summed E-state index contributed by atoms with van der Waals surface area (Å²) in [4.78, 5) is 36.5. The first-order chi connectivity index (χ1) is 12.5. The molecule has 1 amide bonds. The molecule has 0 spiro atoms. The summed E-state index contributed by atoms with van der Waals surface area (Å²) >= 11 is 1.29. The lowest BCUT2D eigenvalue weighted by atomic mass is 10.1. The highest BCUT2D eigenvalue weighted by Crippen LogP contribution is 2.40. The van der Waals surface area contributed by atoms with Crippen LogP contribution in [0, 0.1) is 6.92 Å². The van der Waals surface area contributed by atoms with E-state index in [1.807, 2.05) is 37.3 Å². The molecule has 0 unspecified atom stereocenters. The van der Waals surface area contributed by atoms with Crippen LogP contribution in [0.25, 0.3) is 10.4 Å². The maximum Gasteiger partial charge on any atom is 0.341 e. The highest BCUT2D eigenvalue weighted by Gasteiger charge is 2.24. The molecule has 0 bridgehead atoms. The summed E-state index contributed by atoms with van der Waals surface area (Å²) < 4.78 is 9.96. The molecule has 0 aliphatic rings. The molecule has 26 heavy (non-hydrogen) atoms. The Bertz CT molecular complexity index is 798. The van der Waals surface area contributed by atoms with Crippen molar-refractivity contribution < 1.29 is 23.9 Å². The smallest absolute Gasteiger partial charge is 0.341 e. The molecule has 0 saturated heterocycles. The number of amides is 1. The predicted molar refractivity (Wildman–Crippen MR) is 100 cm³/mol. The average molecular weight is 375 g/mol. The van der Waals surface area contributed by atoms with Crippen LogP contribution in [0.2, 0.25) is 0 Å². The minimum Gasteiger partial charge on any atom is -0.462 e. The van der Waals surface area contributed by atoms with Crippen LogP contribution in [0.3, 0.4) is 0 Å². The summed E-state index contributed by atoms with van der Waals surface area (Å²) in [7, 11) is 0. The third kappa shape index (κ3) is 4.70. The lowest BCUT2D eigenvalue weighted by Crippen LogP contribution is -2.21. The van der Waals surface area contributed by atoms with E-state index in [0.717, 1.165) is 16.0 Å². The van der Waals surface area contributed by atoms with Crippen LogP contribution in [0.5, 0.6) is 0 Å². The second kappa shape index (κ2) is 9.15. The van der Waals surface area contributed by atoms with Crippen molar-refractivity contribution in [2.45, 2.75) is 27.2 Å². The van der Waals surface area contributed by atoms with Gasteiger partial charge in [-0.15, -0.1) is 11.3 Å². The van der Waals surface area contributed by atoms with Crippen LogP contribution in [-0.4, -0.2) is 31.1 Å². The number of esters is 2. The quantitative estimate of drug-likeness (QED) is 0.745. The summed E-state index contributed by atoms with van der Waals surface area (Å²) in [6.45, 7) is 5.02. The molecule has 0 saturated carbocycles. The number of carbonyl (C=O) groups excluding carboxylic acids is 3. The van der Waals surface area contributed by atoms with E-state index in [1.165, 1.54) is 11.3 Å². The van der Waals surface area contributed by atoms with Gasteiger partial charge in [0.1, 0.15) is 5.00 Å². The van der Waals surface area contributed by atoms with Gasteiger partial charge in [-0.2, -0.15) is 0 Å². The Morgan fingerprint density at radius 1 is 1.08 bits per heavy atom. The van der Waals surface area contributed by atoms with Gasteiger partial charge in [0, 0.05) is 11.3 Å². The lowest BCUT2D eigenvalue weighted by Gasteiger charge is -2.07. The Morgan fingerprint density at radius 3 is 2.38 bits per heavy atom. The monoisotopic (exact) mass is 375 g/mol. The molecule has 0 radical (unpaired) electrons. The Kier molecular flexibility index (Phi) is 6.91. The van der Waals surface area contributed by atoms with E-state index in [1.54, 1.807) is 13.8 Å². The van der Waals surface area contributed by atoms with Crippen molar-refractivity contribution >= 4 is 34.2 Å². The van der Waals surface area contributed by atoms with Crippen molar-refractivity contribution in [1.29, 1.82) is 0 Å². The van der Waals surface area contributed by atoms with Crippen molar-refractivity contribution in [2.24, 2.45) is 0 Å². The summed E-state index contributed by atoms with van der Waals surface area (Å²) in [5.41, 5.74) is 2.00. The second-order valence-electron chi connectivity index (χ2n) is 5.41. The largest absolute Gasteiger partial charge is 0.462 e. The Labute approximate surface area is 156 Å². The van der Waals surface area contributed by atoms with E-state index in [0.29, 0.717) is 10.6 Å². The van der Waals surface area contributed by atoms with Crippen LogP contribution >= 0.6 is 11.3 Å². The van der Waals surface area contributed by atoms with Gasteiger partial charge in [-0.3, -0.25) is 9.59 Å². The highest BCUT2D eigenvalue weighted by atomic mass is 32.1. The van der Waals surface area contributed by atoms with Gasteiger partial charge in [-0.05, 0) is 25.0 Å². The number of nitrogens with one attached hydrogen (secondary N) is 1. The van der Waals surface area contributed by atoms with Crippen molar-refractivity contribution in [3.63, 3.8) is 0 Å². The molecule has 1 N–H and O–H groups in total. The average Bonchev–Trinajstić information content (AvgIpc) is 2.96. The molecule has 0 atom stereocenters. The fourth-order valence-electron chi connectivity index (χ4n) is 2.33. The first kappa shape index (κ1) is 19.7. The van der Waals surface area contributed by atoms with Crippen LogP contribution in [0.15, 0.2) is 30.3 Å². The molecular formula is C19H21NO5S. The molecular weight excluding hydrogens is 354 g/mol. The van der Waals surface area contributed by atoms with E-state index >= 15 is 0 Å². The van der Waals surface area contributed by atoms with Gasteiger partial charge in [0.15, 0.2) is 6.61 Å². The van der Waals surface area contributed by atoms with Crippen molar-refractivity contribution in [1.82, 2.24) is 0 Å². The number of hydrogen-bond acceptors (Lipinski definition) is 6. The van der Waals surface area contributed by atoms with Crippen molar-refractivity contribution in [3.05, 3.63) is 41.5 Å². The van der Waals surface area contributed by atoms with E-state index < -0.39 is 24.5 Å². The predicted octanol–water partition coefficient (Wildman–Crippen LogP) is 3.79. The minimum absolute atomic E-state index is 0.192. The van der Waals surface area contributed by atoms with Crippen LogP contribution < -0.4 is 5.32 Å². The Morgan fingerprint density at radius 2 is 1.77 bits per heavy atom. The number of rotatable bonds is 7. The van der Waals surface area contributed by atoms with Gasteiger partial charge >= 0.3 is 11.9 Å². The topological polar surface area (TPSA) is 81.7 Å². The van der Waals surface area contributed by atoms with E-state index in [9.17, 15) is 14.4 Å². The lowest BCUT2D eigenvalue weighted by molar-refractivity contribution is -0.146. The zero-order chi connectivity index (χ0) is 19.1. The second-order valence-corrected chi connectivity index (χ2v) is 6.43. The number of carbonyl (C=O) groups is 3. The Balaban J connectivity index is 2.32. The standard InChI is InChI=1S/C19H21NO5S/c1-4-15(22)25-11-14(21)20-18-16(19(23)24-5-2)12(3)17(26-18)13-9-7-6-8-10-13/h6-10H,4-5,11H2,1-3H3,(H,20,21). The first-order valence-corrected chi connectivity index (χ1v) is 9.10. The third-order valence-corrected chi connectivity index (χ3v) is 4.82. The van der Waals surface area contributed by atoms with Crippen molar-refractivity contribution in [3.8, 4) is 10.4 Å². The summed E-state index contributed by atoms with van der Waals surface area (Å²) in [6.07, 6.45) is 0.192. The molecule has 1 heterocycles. The molecule has 1 aromatic carbocycles. The van der Waals surface area contributed by atoms with Gasteiger partial charge < -0.3 is 14.8 Å². The molecule has 138 valence electrons. The molecule has 2 aromatic rings.